The monoisotopic (exact) mass is 277 g/mol. The highest BCUT2D eigenvalue weighted by molar-refractivity contribution is 6.05. The lowest BCUT2D eigenvalue weighted by Gasteiger charge is -2.21. The molecule has 1 aliphatic rings. The molecular formula is C12H15N5O3. The van der Waals surface area contributed by atoms with Gasteiger partial charge in [0.2, 0.25) is 5.91 Å². The molecule has 2 rings (SSSR count). The molecule has 8 nitrogen and oxygen atoms in total. The third-order valence-electron chi connectivity index (χ3n) is 2.82. The minimum atomic E-state index is -0.754. The first-order chi connectivity index (χ1) is 9.50. The lowest BCUT2D eigenvalue weighted by atomic mass is 10.2. The Kier molecular flexibility index (Phi) is 4.06. The molecule has 3 amide bonds. The van der Waals surface area contributed by atoms with Crippen molar-refractivity contribution in [3.63, 3.8) is 0 Å². The summed E-state index contributed by atoms with van der Waals surface area (Å²) in [6.07, 6.45) is 2.99. The topological polar surface area (TPSA) is 94.6 Å². The van der Waals surface area contributed by atoms with E-state index in [0.29, 0.717) is 5.56 Å². The molecule has 8 heteroatoms. The highest BCUT2D eigenvalue weighted by Crippen LogP contribution is 2.13. The van der Waals surface area contributed by atoms with Crippen LogP contribution >= 0.6 is 0 Å². The Morgan fingerprint density at radius 3 is 2.55 bits per heavy atom. The van der Waals surface area contributed by atoms with Crippen molar-refractivity contribution in [2.45, 2.75) is 12.5 Å². The number of carbonyl (C=O) groups is 3. The fourth-order valence-corrected chi connectivity index (χ4v) is 1.88. The predicted octanol–water partition coefficient (Wildman–Crippen LogP) is -1.08. The van der Waals surface area contributed by atoms with Crippen LogP contribution in [0.1, 0.15) is 16.8 Å². The van der Waals surface area contributed by atoms with Crippen molar-refractivity contribution in [3.8, 4) is 0 Å². The van der Waals surface area contributed by atoms with Crippen LogP contribution in [0.15, 0.2) is 24.5 Å². The van der Waals surface area contributed by atoms with Crippen molar-refractivity contribution in [2.24, 2.45) is 0 Å². The van der Waals surface area contributed by atoms with Gasteiger partial charge in [-0.1, -0.05) is 0 Å². The van der Waals surface area contributed by atoms with Crippen molar-refractivity contribution in [1.29, 1.82) is 0 Å². The van der Waals surface area contributed by atoms with E-state index in [-0.39, 0.29) is 12.3 Å². The van der Waals surface area contributed by atoms with Gasteiger partial charge in [0.25, 0.3) is 11.8 Å². The third-order valence-corrected chi connectivity index (χ3v) is 2.82. The maximum atomic E-state index is 11.9. The Morgan fingerprint density at radius 1 is 1.35 bits per heavy atom. The number of aromatic nitrogens is 1. The molecule has 0 unspecified atom stereocenters. The summed E-state index contributed by atoms with van der Waals surface area (Å²) >= 11 is 0. The zero-order chi connectivity index (χ0) is 14.7. The van der Waals surface area contributed by atoms with E-state index in [2.05, 4.69) is 15.8 Å². The quantitative estimate of drug-likeness (QED) is 0.537. The minimum Gasteiger partial charge on any atom is -0.287 e. The number of hydrazine groups is 2. The van der Waals surface area contributed by atoms with Gasteiger partial charge in [-0.15, -0.1) is 0 Å². The SMILES string of the molecule is CN(C)N1C(=O)C[C@H](NNC(=O)c2ccncc2)C1=O. The number of hydrogen-bond donors (Lipinski definition) is 2. The molecule has 1 aliphatic heterocycles. The standard InChI is InChI=1S/C12H15N5O3/c1-16(2)17-10(18)7-9(12(17)20)14-15-11(19)8-3-5-13-6-4-8/h3-6,9,14H,7H2,1-2H3,(H,15,19)/t9-/m0/s1. The second-order valence-electron chi connectivity index (χ2n) is 4.48. The van der Waals surface area contributed by atoms with E-state index in [9.17, 15) is 14.4 Å². The molecule has 20 heavy (non-hydrogen) atoms. The van der Waals surface area contributed by atoms with Crippen molar-refractivity contribution in [1.82, 2.24) is 25.9 Å². The first-order valence-electron chi connectivity index (χ1n) is 6.00. The van der Waals surface area contributed by atoms with E-state index >= 15 is 0 Å². The van der Waals surface area contributed by atoms with Gasteiger partial charge in [-0.05, 0) is 12.1 Å². The summed E-state index contributed by atoms with van der Waals surface area (Å²) < 4.78 is 0. The van der Waals surface area contributed by atoms with E-state index in [1.165, 1.54) is 17.4 Å². The van der Waals surface area contributed by atoms with Gasteiger partial charge in [-0.2, -0.15) is 0 Å². The van der Waals surface area contributed by atoms with E-state index < -0.39 is 17.9 Å². The molecule has 0 saturated carbocycles. The lowest BCUT2D eigenvalue weighted by molar-refractivity contribution is -0.153. The number of pyridine rings is 1. The highest BCUT2D eigenvalue weighted by Gasteiger charge is 2.40. The number of rotatable bonds is 4. The van der Waals surface area contributed by atoms with Crippen LogP contribution in [0.2, 0.25) is 0 Å². The molecule has 1 fully saturated rings. The van der Waals surface area contributed by atoms with Gasteiger partial charge in [0.05, 0.1) is 6.42 Å². The van der Waals surface area contributed by atoms with Crippen LogP contribution in [0.25, 0.3) is 0 Å². The Bertz CT molecular complexity index is 531. The number of amides is 3. The van der Waals surface area contributed by atoms with Gasteiger partial charge < -0.3 is 0 Å². The summed E-state index contributed by atoms with van der Waals surface area (Å²) in [6, 6.07) is 2.34. The molecular weight excluding hydrogens is 262 g/mol. The van der Waals surface area contributed by atoms with Crippen molar-refractivity contribution >= 4 is 17.7 Å². The molecule has 1 saturated heterocycles. The van der Waals surface area contributed by atoms with Gasteiger partial charge in [-0.25, -0.2) is 15.4 Å². The summed E-state index contributed by atoms with van der Waals surface area (Å²) in [6.45, 7) is 0. The summed E-state index contributed by atoms with van der Waals surface area (Å²) in [5.74, 6) is -1.10. The summed E-state index contributed by atoms with van der Waals surface area (Å²) in [7, 11) is 3.21. The number of nitrogens with zero attached hydrogens (tertiary/aromatic N) is 3. The second-order valence-corrected chi connectivity index (χ2v) is 4.48. The molecule has 1 aromatic rings. The van der Waals surface area contributed by atoms with E-state index in [1.54, 1.807) is 26.2 Å². The number of carbonyl (C=O) groups excluding carboxylic acids is 3. The van der Waals surface area contributed by atoms with Crippen molar-refractivity contribution in [2.75, 3.05) is 14.1 Å². The molecule has 2 heterocycles. The number of hydrogen-bond acceptors (Lipinski definition) is 6. The molecule has 106 valence electrons. The van der Waals surface area contributed by atoms with Crippen LogP contribution in [-0.2, 0) is 9.59 Å². The minimum absolute atomic E-state index is 0.00758. The molecule has 1 aromatic heterocycles. The van der Waals surface area contributed by atoms with Crippen LogP contribution in [0.5, 0.6) is 0 Å². The third kappa shape index (κ3) is 2.81. The molecule has 0 bridgehead atoms. The van der Waals surface area contributed by atoms with Crippen LogP contribution in [-0.4, -0.2) is 52.9 Å². The van der Waals surface area contributed by atoms with Gasteiger partial charge in [0, 0.05) is 32.1 Å². The largest absolute Gasteiger partial charge is 0.287 e. The van der Waals surface area contributed by atoms with E-state index in [4.69, 9.17) is 0 Å². The zero-order valence-corrected chi connectivity index (χ0v) is 11.2. The Morgan fingerprint density at radius 2 is 2.00 bits per heavy atom. The molecule has 0 radical (unpaired) electrons. The van der Waals surface area contributed by atoms with Crippen LogP contribution < -0.4 is 10.9 Å². The summed E-state index contributed by atoms with van der Waals surface area (Å²) in [5, 5.41) is 2.45. The molecule has 2 N–H and O–H groups in total. The van der Waals surface area contributed by atoms with Crippen LogP contribution in [0.4, 0.5) is 0 Å². The number of nitrogens with one attached hydrogen (secondary N) is 2. The van der Waals surface area contributed by atoms with Gasteiger partial charge in [-0.3, -0.25) is 24.8 Å². The smallest absolute Gasteiger partial charge is 0.265 e. The highest BCUT2D eigenvalue weighted by atomic mass is 16.2. The van der Waals surface area contributed by atoms with Gasteiger partial charge >= 0.3 is 0 Å². The predicted molar refractivity (Wildman–Crippen MR) is 68.8 cm³/mol. The molecule has 0 spiro atoms. The zero-order valence-electron chi connectivity index (χ0n) is 11.2. The molecule has 0 aromatic carbocycles. The average Bonchev–Trinajstić information content (AvgIpc) is 2.71. The van der Waals surface area contributed by atoms with Crippen molar-refractivity contribution < 1.29 is 14.4 Å². The van der Waals surface area contributed by atoms with Gasteiger partial charge in [0.1, 0.15) is 6.04 Å². The normalized spacial score (nSPS) is 18.8. The van der Waals surface area contributed by atoms with Crippen LogP contribution in [0.3, 0.4) is 0 Å². The maximum Gasteiger partial charge on any atom is 0.265 e. The maximum absolute atomic E-state index is 11.9. The lowest BCUT2D eigenvalue weighted by Crippen LogP contribution is -2.50. The Balaban J connectivity index is 1.94. The molecule has 0 aliphatic carbocycles. The van der Waals surface area contributed by atoms with E-state index in [0.717, 1.165) is 5.01 Å². The first kappa shape index (κ1) is 14.1. The summed E-state index contributed by atoms with van der Waals surface area (Å²) in [5.41, 5.74) is 5.41. The average molecular weight is 277 g/mol. The fourth-order valence-electron chi connectivity index (χ4n) is 1.88. The Labute approximate surface area is 115 Å². The summed E-state index contributed by atoms with van der Waals surface area (Å²) in [4.78, 5) is 39.2. The molecule has 1 atom stereocenters. The first-order valence-corrected chi connectivity index (χ1v) is 6.00. The van der Waals surface area contributed by atoms with Crippen molar-refractivity contribution in [3.05, 3.63) is 30.1 Å². The number of imide groups is 1. The Hall–Kier alpha value is -2.32. The second kappa shape index (κ2) is 5.76. The van der Waals surface area contributed by atoms with E-state index in [1.807, 2.05) is 0 Å². The van der Waals surface area contributed by atoms with Gasteiger partial charge in [0.15, 0.2) is 0 Å². The van der Waals surface area contributed by atoms with Crippen LogP contribution in [0, 0.1) is 0 Å². The fraction of sp³-hybridized carbons (Fsp3) is 0.333.